The van der Waals surface area contributed by atoms with Gasteiger partial charge in [-0.2, -0.15) is 13.2 Å². The summed E-state index contributed by atoms with van der Waals surface area (Å²) in [6.45, 7) is 1.63. The van der Waals surface area contributed by atoms with Crippen LogP contribution in [-0.2, 0) is 23.9 Å². The first-order valence-corrected chi connectivity index (χ1v) is 10.3. The summed E-state index contributed by atoms with van der Waals surface area (Å²) in [5.74, 6) is -1.04. The van der Waals surface area contributed by atoms with Crippen LogP contribution in [0.1, 0.15) is 39.1 Å². The van der Waals surface area contributed by atoms with Crippen LogP contribution < -0.4 is 4.74 Å². The number of alkyl halides is 3. The van der Waals surface area contributed by atoms with E-state index < -0.39 is 23.5 Å². The van der Waals surface area contributed by atoms with Gasteiger partial charge in [0.1, 0.15) is 18.2 Å². The third-order valence-electron chi connectivity index (χ3n) is 4.16. The average Bonchev–Trinajstić information content (AvgIpc) is 3.16. The van der Waals surface area contributed by atoms with E-state index in [1.54, 1.807) is 6.92 Å². The van der Waals surface area contributed by atoms with E-state index in [0.717, 1.165) is 29.5 Å². The highest BCUT2D eigenvalue weighted by atomic mass is 35.5. The monoisotopic (exact) mass is 473 g/mol. The number of hydrogen-bond donors (Lipinski definition) is 0. The second kappa shape index (κ2) is 9.65. The lowest BCUT2D eigenvalue weighted by atomic mass is 10.1. The van der Waals surface area contributed by atoms with Crippen molar-refractivity contribution in [2.45, 2.75) is 26.1 Å². The molecule has 0 aliphatic carbocycles. The molecule has 164 valence electrons. The van der Waals surface area contributed by atoms with Crippen LogP contribution in [0, 0.1) is 5.82 Å². The number of thiazole rings is 1. The molecule has 0 radical (unpaired) electrons. The average molecular weight is 474 g/mol. The molecule has 0 spiro atoms. The second-order valence-electron chi connectivity index (χ2n) is 6.37. The van der Waals surface area contributed by atoms with Crippen molar-refractivity contribution in [3.63, 3.8) is 0 Å². The number of carbonyl (C=O) groups is 1. The van der Waals surface area contributed by atoms with E-state index in [-0.39, 0.29) is 47.2 Å². The molecule has 4 nitrogen and oxygen atoms in total. The zero-order valence-electron chi connectivity index (χ0n) is 16.1. The fourth-order valence-electron chi connectivity index (χ4n) is 2.68. The lowest BCUT2D eigenvalue weighted by Crippen LogP contribution is -2.08. The van der Waals surface area contributed by atoms with Crippen LogP contribution in [0.15, 0.2) is 41.8 Å². The molecule has 0 saturated carbocycles. The molecular weight excluding hydrogens is 458 g/mol. The molecule has 31 heavy (non-hydrogen) atoms. The largest absolute Gasteiger partial charge is 0.489 e. The van der Waals surface area contributed by atoms with E-state index in [9.17, 15) is 22.4 Å². The van der Waals surface area contributed by atoms with Crippen LogP contribution in [-0.4, -0.2) is 17.6 Å². The molecule has 3 rings (SSSR count). The minimum Gasteiger partial charge on any atom is -0.489 e. The standard InChI is InChI=1S/C21H16ClF4NO3S/c1-2-29-20(28)17-11-31-19(27-17)8-13-7-14(21(24,25)26)4-6-18(13)30-10-12-3-5-15(22)9-16(12)23/h3-7,9,11H,2,8,10H2,1H3. The Bertz CT molecular complexity index is 1080. The summed E-state index contributed by atoms with van der Waals surface area (Å²) in [6.07, 6.45) is -4.55. The number of esters is 1. The molecule has 0 aliphatic heterocycles. The molecule has 0 fully saturated rings. The molecule has 3 aromatic rings. The highest BCUT2D eigenvalue weighted by Crippen LogP contribution is 2.34. The van der Waals surface area contributed by atoms with Gasteiger partial charge in [0.2, 0.25) is 0 Å². The quantitative estimate of drug-likeness (QED) is 0.298. The molecule has 0 amide bonds. The molecular formula is C21H16ClF4NO3S. The summed E-state index contributed by atoms with van der Waals surface area (Å²) in [7, 11) is 0. The highest BCUT2D eigenvalue weighted by Gasteiger charge is 2.31. The van der Waals surface area contributed by atoms with Crippen LogP contribution in [0.4, 0.5) is 17.6 Å². The van der Waals surface area contributed by atoms with Crippen molar-refractivity contribution in [3.05, 3.63) is 80.0 Å². The minimum atomic E-state index is -4.55. The lowest BCUT2D eigenvalue weighted by Gasteiger charge is -2.14. The molecule has 0 saturated heterocycles. The van der Waals surface area contributed by atoms with Crippen molar-refractivity contribution in [2.75, 3.05) is 6.61 Å². The van der Waals surface area contributed by atoms with Crippen molar-refractivity contribution in [1.29, 1.82) is 0 Å². The van der Waals surface area contributed by atoms with Crippen molar-refractivity contribution in [2.24, 2.45) is 0 Å². The summed E-state index contributed by atoms with van der Waals surface area (Å²) in [4.78, 5) is 15.9. The maximum Gasteiger partial charge on any atom is 0.416 e. The molecule has 10 heteroatoms. The Morgan fingerprint density at radius 3 is 2.61 bits per heavy atom. The van der Waals surface area contributed by atoms with Gasteiger partial charge in [0, 0.05) is 28.0 Å². The first kappa shape index (κ1) is 23.0. The molecule has 2 aromatic carbocycles. The smallest absolute Gasteiger partial charge is 0.416 e. The maximum atomic E-state index is 14.0. The van der Waals surface area contributed by atoms with Gasteiger partial charge < -0.3 is 9.47 Å². The van der Waals surface area contributed by atoms with E-state index in [1.165, 1.54) is 23.6 Å². The van der Waals surface area contributed by atoms with Gasteiger partial charge in [-0.3, -0.25) is 0 Å². The van der Waals surface area contributed by atoms with E-state index >= 15 is 0 Å². The zero-order valence-corrected chi connectivity index (χ0v) is 17.7. The molecule has 0 bridgehead atoms. The van der Waals surface area contributed by atoms with E-state index in [4.69, 9.17) is 21.1 Å². The normalized spacial score (nSPS) is 11.4. The SMILES string of the molecule is CCOC(=O)c1csc(Cc2cc(C(F)(F)F)ccc2OCc2ccc(Cl)cc2F)n1. The number of ether oxygens (including phenoxy) is 2. The molecule has 1 aromatic heterocycles. The molecule has 0 N–H and O–H groups in total. The second-order valence-corrected chi connectivity index (χ2v) is 7.75. The van der Waals surface area contributed by atoms with Gasteiger partial charge in [0.15, 0.2) is 5.69 Å². The van der Waals surface area contributed by atoms with E-state index in [2.05, 4.69) is 4.98 Å². The van der Waals surface area contributed by atoms with Crippen molar-refractivity contribution in [3.8, 4) is 5.75 Å². The van der Waals surface area contributed by atoms with Crippen molar-refractivity contribution >= 4 is 28.9 Å². The number of hydrogen-bond acceptors (Lipinski definition) is 5. The van der Waals surface area contributed by atoms with Gasteiger partial charge in [-0.15, -0.1) is 11.3 Å². The Kier molecular flexibility index (Phi) is 7.17. The maximum absolute atomic E-state index is 14.0. The number of nitrogens with zero attached hydrogens (tertiary/aromatic N) is 1. The molecule has 0 aliphatic rings. The Balaban J connectivity index is 1.86. The molecule has 0 unspecified atom stereocenters. The molecule has 1 heterocycles. The first-order valence-electron chi connectivity index (χ1n) is 9.05. The van der Waals surface area contributed by atoms with Crippen molar-refractivity contribution in [1.82, 2.24) is 4.98 Å². The minimum absolute atomic E-state index is 0.00751. The Hall–Kier alpha value is -2.65. The Morgan fingerprint density at radius 1 is 1.16 bits per heavy atom. The van der Waals surface area contributed by atoms with E-state index in [1.807, 2.05) is 0 Å². The fraction of sp³-hybridized carbons (Fsp3) is 0.238. The van der Waals surface area contributed by atoms with Crippen LogP contribution >= 0.6 is 22.9 Å². The van der Waals surface area contributed by atoms with Gasteiger partial charge in [-0.25, -0.2) is 14.2 Å². The summed E-state index contributed by atoms with van der Waals surface area (Å²) >= 11 is 6.84. The number of rotatable bonds is 7. The summed E-state index contributed by atoms with van der Waals surface area (Å²) in [5.41, 5.74) is -0.364. The van der Waals surface area contributed by atoms with Crippen LogP contribution in [0.3, 0.4) is 0 Å². The Morgan fingerprint density at radius 2 is 1.94 bits per heavy atom. The van der Waals surface area contributed by atoms with Gasteiger partial charge in [0.25, 0.3) is 0 Å². The third-order valence-corrected chi connectivity index (χ3v) is 5.25. The van der Waals surface area contributed by atoms with Crippen LogP contribution in [0.5, 0.6) is 5.75 Å². The first-order chi connectivity index (χ1) is 14.7. The van der Waals surface area contributed by atoms with Gasteiger partial charge in [0.05, 0.1) is 17.2 Å². The van der Waals surface area contributed by atoms with Crippen LogP contribution in [0.2, 0.25) is 5.02 Å². The van der Waals surface area contributed by atoms with Gasteiger partial charge >= 0.3 is 12.1 Å². The summed E-state index contributed by atoms with van der Waals surface area (Å²) < 4.78 is 64.1. The number of aromatic nitrogens is 1. The van der Waals surface area contributed by atoms with Gasteiger partial charge in [-0.05, 0) is 37.3 Å². The zero-order chi connectivity index (χ0) is 22.6. The number of halogens is 5. The predicted octanol–water partition coefficient (Wildman–Crippen LogP) is 6.30. The van der Waals surface area contributed by atoms with Crippen LogP contribution in [0.25, 0.3) is 0 Å². The molecule has 0 atom stereocenters. The fourth-order valence-corrected chi connectivity index (χ4v) is 3.63. The summed E-state index contributed by atoms with van der Waals surface area (Å²) in [6, 6.07) is 7.09. The van der Waals surface area contributed by atoms with Crippen molar-refractivity contribution < 1.29 is 31.8 Å². The third kappa shape index (κ3) is 5.95. The van der Waals surface area contributed by atoms with Gasteiger partial charge in [-0.1, -0.05) is 17.7 Å². The topological polar surface area (TPSA) is 48.4 Å². The lowest BCUT2D eigenvalue weighted by molar-refractivity contribution is -0.137. The number of benzene rings is 2. The summed E-state index contributed by atoms with van der Waals surface area (Å²) in [5, 5.41) is 2.10. The number of carbonyl (C=O) groups excluding carboxylic acids is 1. The highest BCUT2D eigenvalue weighted by molar-refractivity contribution is 7.09. The van der Waals surface area contributed by atoms with E-state index in [0.29, 0.717) is 5.01 Å². The predicted molar refractivity (Wildman–Crippen MR) is 108 cm³/mol. The Labute approximate surface area is 184 Å².